The zero-order valence-corrected chi connectivity index (χ0v) is 14.0. The van der Waals surface area contributed by atoms with Crippen LogP contribution in [0.3, 0.4) is 0 Å². The molecule has 1 unspecified atom stereocenters. The zero-order valence-electron chi connectivity index (χ0n) is 13.2. The summed E-state index contributed by atoms with van der Waals surface area (Å²) in [6, 6.07) is 5.38. The number of fused-ring (bicyclic) bond motifs is 2. The molecule has 0 fully saturated rings. The third kappa shape index (κ3) is 2.58. The fraction of sp³-hybridized carbons (Fsp3) is 0.250. The van der Waals surface area contributed by atoms with Crippen LogP contribution in [-0.4, -0.2) is 33.1 Å². The molecule has 1 aromatic carbocycles. The lowest BCUT2D eigenvalue weighted by molar-refractivity contribution is 0.174. The van der Waals surface area contributed by atoms with Crippen LogP contribution in [0.15, 0.2) is 29.6 Å². The molecule has 4 rings (SSSR count). The predicted octanol–water partition coefficient (Wildman–Crippen LogP) is 2.31. The molecule has 0 amide bonds. The molecule has 1 aliphatic rings. The number of H-pyrrole nitrogens is 1. The smallest absolute Gasteiger partial charge is 0.231 e. The number of rotatable bonds is 4. The van der Waals surface area contributed by atoms with E-state index in [4.69, 9.17) is 14.2 Å². The van der Waals surface area contributed by atoms with Crippen LogP contribution >= 0.6 is 0 Å². The van der Waals surface area contributed by atoms with Crippen LogP contribution in [0.2, 0.25) is 0 Å². The molecular weight excluding hydrogens is 330 g/mol. The van der Waals surface area contributed by atoms with Crippen molar-refractivity contribution >= 4 is 21.8 Å². The van der Waals surface area contributed by atoms with Crippen LogP contribution in [0, 0.1) is 6.92 Å². The predicted molar refractivity (Wildman–Crippen MR) is 87.9 cm³/mol. The molecule has 0 saturated heterocycles. The molecule has 124 valence electrons. The van der Waals surface area contributed by atoms with Gasteiger partial charge in [-0.2, -0.15) is 0 Å². The molecule has 24 heavy (non-hydrogen) atoms. The Kier molecular flexibility index (Phi) is 3.61. The maximum absolute atomic E-state index is 12.6. The van der Waals surface area contributed by atoms with Crippen LogP contribution in [0.4, 0.5) is 0 Å². The topological polar surface area (TPSA) is 86.3 Å². The summed E-state index contributed by atoms with van der Waals surface area (Å²) >= 11 is 0. The Labute approximate surface area is 140 Å². The normalized spacial score (nSPS) is 14.1. The van der Waals surface area contributed by atoms with Gasteiger partial charge in [-0.15, -0.1) is 0 Å². The summed E-state index contributed by atoms with van der Waals surface area (Å²) in [5.41, 5.74) is 3.07. The Hall–Kier alpha value is -2.61. The minimum Gasteiger partial charge on any atom is -0.496 e. The summed E-state index contributed by atoms with van der Waals surface area (Å²) in [6.07, 6.45) is 1.71. The second-order valence-electron chi connectivity index (χ2n) is 5.40. The summed E-state index contributed by atoms with van der Waals surface area (Å²) in [6.45, 7) is 2.12. The molecule has 0 saturated carbocycles. The van der Waals surface area contributed by atoms with Gasteiger partial charge in [0, 0.05) is 30.0 Å². The number of ether oxygens (including phenoxy) is 3. The van der Waals surface area contributed by atoms with E-state index in [2.05, 4.69) is 15.0 Å². The highest BCUT2D eigenvalue weighted by molar-refractivity contribution is 7.84. The van der Waals surface area contributed by atoms with E-state index in [1.54, 1.807) is 31.5 Å². The van der Waals surface area contributed by atoms with Crippen LogP contribution in [-0.2, 0) is 16.6 Å². The van der Waals surface area contributed by atoms with E-state index in [1.165, 1.54) is 0 Å². The molecule has 0 bridgehead atoms. The third-order valence-corrected chi connectivity index (χ3v) is 4.96. The minimum absolute atomic E-state index is 0.210. The lowest BCUT2D eigenvalue weighted by Gasteiger charge is -2.06. The SMILES string of the molecule is COc1cc(CS(=O)c2nc3cc4c(cc3[nH]2)OCO4)ncc1C. The Morgan fingerprint density at radius 2 is 2.08 bits per heavy atom. The van der Waals surface area contributed by atoms with Crippen molar-refractivity contribution in [1.29, 1.82) is 0 Å². The fourth-order valence-corrected chi connectivity index (χ4v) is 3.52. The number of imidazole rings is 1. The summed E-state index contributed by atoms with van der Waals surface area (Å²) in [5.74, 6) is 2.29. The number of aryl methyl sites for hydroxylation is 1. The van der Waals surface area contributed by atoms with Crippen molar-refractivity contribution in [3.63, 3.8) is 0 Å². The Balaban J connectivity index is 1.61. The number of nitrogens with zero attached hydrogens (tertiary/aromatic N) is 2. The Bertz CT molecular complexity index is 913. The van der Waals surface area contributed by atoms with E-state index < -0.39 is 10.8 Å². The largest absolute Gasteiger partial charge is 0.496 e. The van der Waals surface area contributed by atoms with Gasteiger partial charge in [0.2, 0.25) is 6.79 Å². The van der Waals surface area contributed by atoms with Gasteiger partial charge in [0.15, 0.2) is 16.7 Å². The number of aromatic nitrogens is 3. The number of nitrogens with one attached hydrogen (secondary N) is 1. The highest BCUT2D eigenvalue weighted by Gasteiger charge is 2.18. The fourth-order valence-electron chi connectivity index (χ4n) is 2.53. The molecule has 2 aromatic heterocycles. The Morgan fingerprint density at radius 1 is 1.29 bits per heavy atom. The highest BCUT2D eigenvalue weighted by atomic mass is 32.2. The molecule has 7 nitrogen and oxygen atoms in total. The number of pyridine rings is 1. The molecule has 3 heterocycles. The zero-order chi connectivity index (χ0) is 16.7. The van der Waals surface area contributed by atoms with Gasteiger partial charge in [-0.3, -0.25) is 9.19 Å². The number of hydrogen-bond donors (Lipinski definition) is 1. The van der Waals surface area contributed by atoms with Gasteiger partial charge in [0.05, 0.1) is 40.4 Å². The number of methoxy groups -OCH3 is 1. The average Bonchev–Trinajstić information content (AvgIpc) is 3.19. The first kappa shape index (κ1) is 14.9. The molecule has 1 aliphatic heterocycles. The summed E-state index contributed by atoms with van der Waals surface area (Å²) in [4.78, 5) is 11.8. The lowest BCUT2D eigenvalue weighted by Crippen LogP contribution is -2.01. The standard InChI is InChI=1S/C16H15N3O4S/c1-9-6-17-10(3-13(9)21-2)7-24(20)16-18-11-4-14-15(23-8-22-14)5-12(11)19-16/h3-6H,7-8H2,1-2H3,(H,18,19). The maximum atomic E-state index is 12.6. The molecule has 1 N–H and O–H groups in total. The number of hydrogen-bond acceptors (Lipinski definition) is 6. The van der Waals surface area contributed by atoms with Crippen LogP contribution in [0.1, 0.15) is 11.3 Å². The monoisotopic (exact) mass is 345 g/mol. The van der Waals surface area contributed by atoms with Gasteiger partial charge in [-0.1, -0.05) is 0 Å². The number of benzene rings is 1. The van der Waals surface area contributed by atoms with Gasteiger partial charge >= 0.3 is 0 Å². The molecule has 0 aliphatic carbocycles. The van der Waals surface area contributed by atoms with Gasteiger partial charge in [0.1, 0.15) is 5.75 Å². The van der Waals surface area contributed by atoms with E-state index in [0.29, 0.717) is 27.9 Å². The van der Waals surface area contributed by atoms with E-state index in [0.717, 1.165) is 16.8 Å². The van der Waals surface area contributed by atoms with Gasteiger partial charge in [-0.25, -0.2) is 4.98 Å². The van der Waals surface area contributed by atoms with Crippen LogP contribution in [0.5, 0.6) is 17.2 Å². The van der Waals surface area contributed by atoms with E-state index >= 15 is 0 Å². The molecule has 0 radical (unpaired) electrons. The highest BCUT2D eigenvalue weighted by Crippen LogP contribution is 2.35. The van der Waals surface area contributed by atoms with Crippen LogP contribution in [0.25, 0.3) is 11.0 Å². The first-order chi connectivity index (χ1) is 11.6. The first-order valence-corrected chi connectivity index (χ1v) is 8.63. The van der Waals surface area contributed by atoms with Crippen molar-refractivity contribution in [2.75, 3.05) is 13.9 Å². The summed E-state index contributed by atoms with van der Waals surface area (Å²) in [7, 11) is 0.255. The van der Waals surface area contributed by atoms with Crippen molar-refractivity contribution in [3.8, 4) is 17.2 Å². The third-order valence-electron chi connectivity index (χ3n) is 3.78. The van der Waals surface area contributed by atoms with Crippen molar-refractivity contribution in [2.45, 2.75) is 17.8 Å². The summed E-state index contributed by atoms with van der Waals surface area (Å²) < 4.78 is 28.5. The average molecular weight is 345 g/mol. The molecular formula is C16H15N3O4S. The van der Waals surface area contributed by atoms with Gasteiger partial charge < -0.3 is 19.2 Å². The quantitative estimate of drug-likeness (QED) is 0.781. The Morgan fingerprint density at radius 3 is 2.88 bits per heavy atom. The second kappa shape index (κ2) is 5.79. The molecule has 3 aromatic rings. The van der Waals surface area contributed by atoms with E-state index in [9.17, 15) is 4.21 Å². The van der Waals surface area contributed by atoms with Crippen molar-refractivity contribution in [2.24, 2.45) is 0 Å². The van der Waals surface area contributed by atoms with Gasteiger partial charge in [0.25, 0.3) is 0 Å². The molecule has 8 heteroatoms. The second-order valence-corrected chi connectivity index (χ2v) is 6.77. The molecule has 0 spiro atoms. The first-order valence-electron chi connectivity index (χ1n) is 7.31. The van der Waals surface area contributed by atoms with E-state index in [-0.39, 0.29) is 12.5 Å². The maximum Gasteiger partial charge on any atom is 0.231 e. The summed E-state index contributed by atoms with van der Waals surface area (Å²) in [5, 5.41) is 0.398. The molecule has 1 atom stereocenters. The van der Waals surface area contributed by atoms with Crippen molar-refractivity contribution < 1.29 is 18.4 Å². The number of aromatic amines is 1. The minimum atomic E-state index is -1.35. The van der Waals surface area contributed by atoms with Crippen molar-refractivity contribution in [3.05, 3.63) is 35.7 Å². The lowest BCUT2D eigenvalue weighted by atomic mass is 10.2. The van der Waals surface area contributed by atoms with Crippen molar-refractivity contribution in [1.82, 2.24) is 15.0 Å². The van der Waals surface area contributed by atoms with E-state index in [1.807, 2.05) is 6.92 Å². The van der Waals surface area contributed by atoms with Gasteiger partial charge in [-0.05, 0) is 6.92 Å². The van der Waals surface area contributed by atoms with Crippen LogP contribution < -0.4 is 14.2 Å².